The van der Waals surface area contributed by atoms with E-state index >= 15 is 0 Å². The zero-order valence-corrected chi connectivity index (χ0v) is 16.6. The monoisotopic (exact) mass is 419 g/mol. The van der Waals surface area contributed by atoms with E-state index in [0.717, 1.165) is 0 Å². The van der Waals surface area contributed by atoms with Gasteiger partial charge >= 0.3 is 0 Å². The Bertz CT molecular complexity index is 1010. The first-order valence-corrected chi connectivity index (χ1v) is 10.5. The first-order valence-electron chi connectivity index (χ1n) is 9.01. The number of nitro benzene ring substituents is 1. The van der Waals surface area contributed by atoms with Crippen molar-refractivity contribution < 1.29 is 22.9 Å². The lowest BCUT2D eigenvalue weighted by atomic mass is 9.98. The van der Waals surface area contributed by atoms with Crippen LogP contribution < -0.4 is 10.1 Å². The third-order valence-corrected chi connectivity index (χ3v) is 6.67. The number of hydrogen-bond donors (Lipinski definition) is 1. The summed E-state index contributed by atoms with van der Waals surface area (Å²) in [6, 6.07) is 12.0. The normalized spacial score (nSPS) is 17.5. The molecule has 29 heavy (non-hydrogen) atoms. The number of amides is 1. The van der Waals surface area contributed by atoms with Gasteiger partial charge in [0.25, 0.3) is 5.69 Å². The van der Waals surface area contributed by atoms with Gasteiger partial charge < -0.3 is 10.1 Å². The summed E-state index contributed by atoms with van der Waals surface area (Å²) in [5.41, 5.74) is -0.00670. The minimum Gasteiger partial charge on any atom is -0.495 e. The van der Waals surface area contributed by atoms with E-state index < -0.39 is 26.8 Å². The first-order chi connectivity index (χ1) is 13.8. The minimum atomic E-state index is -3.69. The molecule has 1 aliphatic rings. The van der Waals surface area contributed by atoms with Gasteiger partial charge in [0.05, 0.1) is 28.5 Å². The maximum Gasteiger partial charge on any atom is 0.271 e. The second-order valence-corrected chi connectivity index (χ2v) is 8.58. The molecule has 0 unspecified atom stereocenters. The third-order valence-electron chi connectivity index (χ3n) is 4.79. The third kappa shape index (κ3) is 4.54. The SMILES string of the molecule is COc1ccc([N+](=O)[O-])cc1NC(=O)[C@H]1CCCN(S(=O)(=O)c2ccccc2)C1. The van der Waals surface area contributed by atoms with Crippen molar-refractivity contribution in [2.24, 2.45) is 5.92 Å². The lowest BCUT2D eigenvalue weighted by Gasteiger charge is -2.31. The van der Waals surface area contributed by atoms with Gasteiger partial charge in [0.2, 0.25) is 15.9 Å². The molecule has 0 spiro atoms. The summed E-state index contributed by atoms with van der Waals surface area (Å²) in [6.45, 7) is 0.376. The Kier molecular flexibility index (Phi) is 6.14. The van der Waals surface area contributed by atoms with E-state index in [4.69, 9.17) is 4.74 Å². The molecule has 1 amide bonds. The number of nitrogens with zero attached hydrogens (tertiary/aromatic N) is 2. The molecule has 1 atom stereocenters. The Hall–Kier alpha value is -2.98. The molecule has 0 saturated carbocycles. The van der Waals surface area contributed by atoms with E-state index in [9.17, 15) is 23.3 Å². The van der Waals surface area contributed by atoms with Crippen molar-refractivity contribution in [3.8, 4) is 5.75 Å². The molecule has 2 aromatic rings. The van der Waals surface area contributed by atoms with Gasteiger partial charge in [-0.05, 0) is 31.0 Å². The molecule has 0 aromatic heterocycles. The first kappa shape index (κ1) is 20.7. The van der Waals surface area contributed by atoms with E-state index in [1.807, 2.05) is 0 Å². The van der Waals surface area contributed by atoms with Crippen LogP contribution in [0.25, 0.3) is 0 Å². The van der Waals surface area contributed by atoms with Crippen molar-refractivity contribution in [1.82, 2.24) is 4.31 Å². The number of piperidine rings is 1. The van der Waals surface area contributed by atoms with Crippen molar-refractivity contribution >= 4 is 27.3 Å². The smallest absolute Gasteiger partial charge is 0.271 e. The molecule has 1 fully saturated rings. The number of sulfonamides is 1. The Morgan fingerprint density at radius 1 is 1.24 bits per heavy atom. The Balaban J connectivity index is 1.77. The van der Waals surface area contributed by atoms with Gasteiger partial charge in [-0.2, -0.15) is 4.31 Å². The van der Waals surface area contributed by atoms with Gasteiger partial charge in [-0.3, -0.25) is 14.9 Å². The fraction of sp³-hybridized carbons (Fsp3) is 0.316. The number of anilines is 1. The zero-order valence-electron chi connectivity index (χ0n) is 15.8. The van der Waals surface area contributed by atoms with Crippen molar-refractivity contribution in [3.63, 3.8) is 0 Å². The number of nitro groups is 1. The van der Waals surface area contributed by atoms with Gasteiger partial charge in [-0.1, -0.05) is 18.2 Å². The lowest BCUT2D eigenvalue weighted by Crippen LogP contribution is -2.43. The maximum absolute atomic E-state index is 12.8. The number of nitrogens with one attached hydrogen (secondary N) is 1. The number of non-ortho nitro benzene ring substituents is 1. The molecule has 1 N–H and O–H groups in total. The summed E-state index contributed by atoms with van der Waals surface area (Å²) in [5.74, 6) is -0.698. The number of methoxy groups -OCH3 is 1. The molecule has 9 nitrogen and oxygen atoms in total. The van der Waals surface area contributed by atoms with Crippen molar-refractivity contribution in [2.45, 2.75) is 17.7 Å². The molecule has 0 aliphatic carbocycles. The van der Waals surface area contributed by atoms with E-state index in [-0.39, 0.29) is 28.6 Å². The highest BCUT2D eigenvalue weighted by atomic mass is 32.2. The second-order valence-electron chi connectivity index (χ2n) is 6.65. The van der Waals surface area contributed by atoms with Crippen LogP contribution in [0.3, 0.4) is 0 Å². The Labute approximate surface area is 168 Å². The van der Waals surface area contributed by atoms with E-state index in [1.54, 1.807) is 18.2 Å². The number of benzene rings is 2. The molecule has 10 heteroatoms. The summed E-state index contributed by atoms with van der Waals surface area (Å²) in [4.78, 5) is 23.4. The predicted molar refractivity (Wildman–Crippen MR) is 106 cm³/mol. The number of hydrogen-bond acceptors (Lipinski definition) is 6. The standard InChI is InChI=1S/C19H21N3O6S/c1-28-18-10-9-15(22(24)25)12-17(18)20-19(23)14-6-5-11-21(13-14)29(26,27)16-7-3-2-4-8-16/h2-4,7-10,12,14H,5-6,11,13H2,1H3,(H,20,23)/t14-/m0/s1. The largest absolute Gasteiger partial charge is 0.495 e. The molecule has 3 rings (SSSR count). The van der Waals surface area contributed by atoms with Crippen molar-refractivity contribution in [2.75, 3.05) is 25.5 Å². The molecule has 0 radical (unpaired) electrons. The average molecular weight is 419 g/mol. The molecule has 0 bridgehead atoms. The molecule has 1 saturated heterocycles. The van der Waals surface area contributed by atoms with Gasteiger partial charge in [-0.25, -0.2) is 8.42 Å². The predicted octanol–water partition coefficient (Wildman–Crippen LogP) is 2.64. The molecular formula is C19H21N3O6S. The van der Waals surface area contributed by atoms with Crippen molar-refractivity contribution in [3.05, 3.63) is 58.6 Å². The number of rotatable bonds is 6. The summed E-state index contributed by atoms with van der Waals surface area (Å²) in [6.07, 6.45) is 1.06. The minimum absolute atomic E-state index is 0.0420. The van der Waals surface area contributed by atoms with Crippen LogP contribution in [-0.2, 0) is 14.8 Å². The number of carbonyl (C=O) groups excluding carboxylic acids is 1. The van der Waals surface area contributed by atoms with Gasteiger partial charge in [0.15, 0.2) is 0 Å². The highest BCUT2D eigenvalue weighted by Crippen LogP contribution is 2.30. The number of ether oxygens (including phenoxy) is 1. The molecule has 1 aliphatic heterocycles. The Morgan fingerprint density at radius 3 is 2.62 bits per heavy atom. The van der Waals surface area contributed by atoms with E-state index in [1.165, 1.54) is 41.7 Å². The summed E-state index contributed by atoms with van der Waals surface area (Å²) in [5, 5.41) is 13.7. The number of carbonyl (C=O) groups is 1. The van der Waals surface area contributed by atoms with Crippen LogP contribution in [0, 0.1) is 16.0 Å². The molecule has 2 aromatic carbocycles. The average Bonchev–Trinajstić information content (AvgIpc) is 2.74. The highest BCUT2D eigenvalue weighted by Gasteiger charge is 2.33. The Morgan fingerprint density at radius 2 is 1.97 bits per heavy atom. The molecule has 154 valence electrons. The van der Waals surface area contributed by atoms with Crippen LogP contribution in [0.4, 0.5) is 11.4 Å². The topological polar surface area (TPSA) is 119 Å². The maximum atomic E-state index is 12.8. The zero-order chi connectivity index (χ0) is 21.0. The summed E-state index contributed by atoms with van der Waals surface area (Å²) < 4.78 is 32.1. The lowest BCUT2D eigenvalue weighted by molar-refractivity contribution is -0.384. The molecular weight excluding hydrogens is 398 g/mol. The fourth-order valence-corrected chi connectivity index (χ4v) is 4.80. The van der Waals surface area contributed by atoms with Gasteiger partial charge in [0.1, 0.15) is 5.75 Å². The second kappa shape index (κ2) is 8.58. The van der Waals surface area contributed by atoms with E-state index in [2.05, 4.69) is 5.32 Å². The van der Waals surface area contributed by atoms with Gasteiger partial charge in [0, 0.05) is 25.2 Å². The van der Waals surface area contributed by atoms with Crippen LogP contribution >= 0.6 is 0 Å². The van der Waals surface area contributed by atoms with Crippen LogP contribution in [0.1, 0.15) is 12.8 Å². The summed E-state index contributed by atoms with van der Waals surface area (Å²) >= 11 is 0. The highest BCUT2D eigenvalue weighted by molar-refractivity contribution is 7.89. The molecule has 1 heterocycles. The van der Waals surface area contributed by atoms with Crippen LogP contribution in [0.5, 0.6) is 5.75 Å². The van der Waals surface area contributed by atoms with E-state index in [0.29, 0.717) is 19.4 Å². The van der Waals surface area contributed by atoms with Crippen LogP contribution in [0.15, 0.2) is 53.4 Å². The van der Waals surface area contributed by atoms with Crippen LogP contribution in [-0.4, -0.2) is 43.8 Å². The summed E-state index contributed by atoms with van der Waals surface area (Å²) in [7, 11) is -2.30. The quantitative estimate of drug-likeness (QED) is 0.568. The van der Waals surface area contributed by atoms with Gasteiger partial charge in [-0.15, -0.1) is 0 Å². The van der Waals surface area contributed by atoms with Crippen LogP contribution in [0.2, 0.25) is 0 Å². The van der Waals surface area contributed by atoms with Crippen molar-refractivity contribution in [1.29, 1.82) is 0 Å². The fourth-order valence-electron chi connectivity index (χ4n) is 3.26.